The summed E-state index contributed by atoms with van der Waals surface area (Å²) in [6, 6.07) is 0. The van der Waals surface area contributed by atoms with Crippen molar-refractivity contribution in [2.75, 3.05) is 40.1 Å². The Labute approximate surface area is 73.4 Å². The Bertz CT molecular complexity index is 71.5. The van der Waals surface area contributed by atoms with E-state index in [4.69, 9.17) is 10.2 Å². The lowest BCUT2D eigenvalue weighted by molar-refractivity contribution is 0.0650. The summed E-state index contributed by atoms with van der Waals surface area (Å²) in [6.45, 7) is 4.77. The smallest absolute Gasteiger partial charge is 0.0698 e. The minimum atomic E-state index is 0.0278. The van der Waals surface area contributed by atoms with Crippen LogP contribution in [0.15, 0.2) is 12.7 Å². The van der Waals surface area contributed by atoms with E-state index in [-0.39, 0.29) is 13.2 Å². The van der Waals surface area contributed by atoms with E-state index < -0.39 is 0 Å². The van der Waals surface area contributed by atoms with E-state index >= 15 is 0 Å². The average Bonchev–Trinajstić information content (AvgIpc) is 2.08. The minimum Gasteiger partial charge on any atom is -0.394 e. The SMILES string of the molecule is C=CCOC.OCCOCCO. The van der Waals surface area contributed by atoms with E-state index in [1.165, 1.54) is 0 Å². The molecule has 0 aliphatic heterocycles. The molecule has 74 valence electrons. The highest BCUT2D eigenvalue weighted by molar-refractivity contribution is 4.62. The van der Waals surface area contributed by atoms with Crippen LogP contribution >= 0.6 is 0 Å². The highest BCUT2D eigenvalue weighted by Crippen LogP contribution is 1.68. The zero-order valence-corrected chi connectivity index (χ0v) is 7.53. The summed E-state index contributed by atoms with van der Waals surface area (Å²) >= 11 is 0. The zero-order chi connectivity index (χ0) is 9.66. The lowest BCUT2D eigenvalue weighted by Gasteiger charge is -1.94. The van der Waals surface area contributed by atoms with Gasteiger partial charge in [0.1, 0.15) is 0 Å². The number of methoxy groups -OCH3 is 1. The second-order valence-corrected chi connectivity index (χ2v) is 1.80. The summed E-state index contributed by atoms with van der Waals surface area (Å²) in [5, 5.41) is 16.2. The van der Waals surface area contributed by atoms with Crippen molar-refractivity contribution < 1.29 is 19.7 Å². The largest absolute Gasteiger partial charge is 0.394 e. The van der Waals surface area contributed by atoms with E-state index in [0.717, 1.165) is 0 Å². The molecular formula is C8H18O4. The highest BCUT2D eigenvalue weighted by atomic mass is 16.5. The zero-order valence-electron chi connectivity index (χ0n) is 7.53. The molecule has 12 heavy (non-hydrogen) atoms. The molecule has 0 aliphatic rings. The van der Waals surface area contributed by atoms with Crippen LogP contribution in [-0.4, -0.2) is 50.4 Å². The predicted molar refractivity (Wildman–Crippen MR) is 47.1 cm³/mol. The molecule has 0 spiro atoms. The monoisotopic (exact) mass is 178 g/mol. The van der Waals surface area contributed by atoms with Crippen LogP contribution in [-0.2, 0) is 9.47 Å². The van der Waals surface area contributed by atoms with Crippen LogP contribution in [0.4, 0.5) is 0 Å². The van der Waals surface area contributed by atoms with Gasteiger partial charge in [0.25, 0.3) is 0 Å². The van der Waals surface area contributed by atoms with Crippen LogP contribution in [0.25, 0.3) is 0 Å². The molecule has 0 fully saturated rings. The Balaban J connectivity index is 0. The molecule has 0 bridgehead atoms. The summed E-state index contributed by atoms with van der Waals surface area (Å²) in [7, 11) is 1.64. The van der Waals surface area contributed by atoms with E-state index in [2.05, 4.69) is 16.1 Å². The first-order valence-electron chi connectivity index (χ1n) is 3.72. The Morgan fingerprint density at radius 3 is 1.92 bits per heavy atom. The molecule has 0 heterocycles. The molecule has 2 N–H and O–H groups in total. The van der Waals surface area contributed by atoms with Crippen LogP contribution in [0, 0.1) is 0 Å². The Morgan fingerprint density at radius 1 is 1.25 bits per heavy atom. The number of hydrogen-bond acceptors (Lipinski definition) is 4. The first-order chi connectivity index (χ1) is 5.83. The minimum absolute atomic E-state index is 0.0278. The molecule has 0 aliphatic carbocycles. The molecule has 0 rings (SSSR count). The van der Waals surface area contributed by atoms with Gasteiger partial charge in [0.2, 0.25) is 0 Å². The van der Waals surface area contributed by atoms with Gasteiger partial charge in [-0.05, 0) is 0 Å². The molecule has 0 aromatic heterocycles. The van der Waals surface area contributed by atoms with Crippen LogP contribution < -0.4 is 0 Å². The summed E-state index contributed by atoms with van der Waals surface area (Å²) in [4.78, 5) is 0. The summed E-state index contributed by atoms with van der Waals surface area (Å²) < 4.78 is 9.20. The maximum Gasteiger partial charge on any atom is 0.0698 e. The van der Waals surface area contributed by atoms with Crippen molar-refractivity contribution in [3.63, 3.8) is 0 Å². The van der Waals surface area contributed by atoms with Gasteiger partial charge in [-0.3, -0.25) is 0 Å². The molecule has 0 aromatic rings. The van der Waals surface area contributed by atoms with Gasteiger partial charge in [-0.25, -0.2) is 0 Å². The van der Waals surface area contributed by atoms with Crippen molar-refractivity contribution in [3.05, 3.63) is 12.7 Å². The second-order valence-electron chi connectivity index (χ2n) is 1.80. The summed E-state index contributed by atoms with van der Waals surface area (Å²) in [6.07, 6.45) is 1.71. The fourth-order valence-electron chi connectivity index (χ4n) is 0.349. The van der Waals surface area contributed by atoms with Crippen molar-refractivity contribution in [1.29, 1.82) is 0 Å². The molecule has 0 saturated carbocycles. The van der Waals surface area contributed by atoms with Crippen LogP contribution in [0.5, 0.6) is 0 Å². The van der Waals surface area contributed by atoms with Crippen LogP contribution in [0.3, 0.4) is 0 Å². The van der Waals surface area contributed by atoms with Crippen molar-refractivity contribution in [2.24, 2.45) is 0 Å². The molecule has 4 heteroatoms. The number of aliphatic hydroxyl groups excluding tert-OH is 2. The Morgan fingerprint density at radius 2 is 1.75 bits per heavy atom. The van der Waals surface area contributed by atoms with E-state index in [1.54, 1.807) is 13.2 Å². The Kier molecular flexibility index (Phi) is 19.9. The van der Waals surface area contributed by atoms with Gasteiger partial charge in [0, 0.05) is 7.11 Å². The fraction of sp³-hybridized carbons (Fsp3) is 0.750. The first kappa shape index (κ1) is 14.1. The molecule has 0 saturated heterocycles. The predicted octanol–water partition coefficient (Wildman–Crippen LogP) is -0.194. The second kappa shape index (κ2) is 16.9. The van der Waals surface area contributed by atoms with Gasteiger partial charge >= 0.3 is 0 Å². The molecule has 0 amide bonds. The fourth-order valence-corrected chi connectivity index (χ4v) is 0.349. The number of ether oxygens (including phenoxy) is 2. The number of aliphatic hydroxyl groups is 2. The van der Waals surface area contributed by atoms with Crippen LogP contribution in [0.2, 0.25) is 0 Å². The van der Waals surface area contributed by atoms with Crippen molar-refractivity contribution in [1.82, 2.24) is 0 Å². The number of hydrogen-bond donors (Lipinski definition) is 2. The lowest BCUT2D eigenvalue weighted by Crippen LogP contribution is -2.03. The normalized spacial score (nSPS) is 8.58. The van der Waals surface area contributed by atoms with Crippen molar-refractivity contribution in [3.8, 4) is 0 Å². The van der Waals surface area contributed by atoms with Gasteiger partial charge < -0.3 is 19.7 Å². The van der Waals surface area contributed by atoms with Gasteiger partial charge in [0.05, 0.1) is 33.0 Å². The van der Waals surface area contributed by atoms with E-state index in [0.29, 0.717) is 19.8 Å². The van der Waals surface area contributed by atoms with Gasteiger partial charge in [-0.1, -0.05) is 6.08 Å². The van der Waals surface area contributed by atoms with Gasteiger partial charge in [-0.2, -0.15) is 0 Å². The summed E-state index contributed by atoms with van der Waals surface area (Å²) in [5.74, 6) is 0. The maximum atomic E-state index is 8.09. The van der Waals surface area contributed by atoms with E-state index in [1.807, 2.05) is 0 Å². The third-order valence-electron chi connectivity index (χ3n) is 0.756. The third kappa shape index (κ3) is 22.7. The van der Waals surface area contributed by atoms with Crippen molar-refractivity contribution >= 4 is 0 Å². The van der Waals surface area contributed by atoms with E-state index in [9.17, 15) is 0 Å². The topological polar surface area (TPSA) is 58.9 Å². The Hall–Kier alpha value is -0.420. The molecule has 0 unspecified atom stereocenters. The third-order valence-corrected chi connectivity index (χ3v) is 0.756. The maximum absolute atomic E-state index is 8.09. The summed E-state index contributed by atoms with van der Waals surface area (Å²) in [5.41, 5.74) is 0. The standard InChI is InChI=1S/C4H10O3.C4H8O/c5-1-3-7-4-2-6;1-3-4-5-2/h5-6H,1-4H2;3H,1,4H2,2H3. The lowest BCUT2D eigenvalue weighted by atomic mass is 10.7. The molecule has 4 nitrogen and oxygen atoms in total. The van der Waals surface area contributed by atoms with Gasteiger partial charge in [0.15, 0.2) is 0 Å². The molecular weight excluding hydrogens is 160 g/mol. The van der Waals surface area contributed by atoms with Crippen LogP contribution in [0.1, 0.15) is 0 Å². The average molecular weight is 178 g/mol. The van der Waals surface area contributed by atoms with Crippen molar-refractivity contribution in [2.45, 2.75) is 0 Å². The number of rotatable bonds is 6. The molecule has 0 aromatic carbocycles. The van der Waals surface area contributed by atoms with Gasteiger partial charge in [-0.15, -0.1) is 6.58 Å². The highest BCUT2D eigenvalue weighted by Gasteiger charge is 1.79. The first-order valence-corrected chi connectivity index (χ1v) is 3.72. The molecule has 0 radical (unpaired) electrons. The molecule has 0 atom stereocenters. The quantitative estimate of drug-likeness (QED) is 0.437.